The zero-order valence-electron chi connectivity index (χ0n) is 13.7. The van der Waals surface area contributed by atoms with Gasteiger partial charge in [0.2, 0.25) is 5.91 Å². The van der Waals surface area contributed by atoms with Crippen molar-refractivity contribution in [2.75, 3.05) is 0 Å². The summed E-state index contributed by atoms with van der Waals surface area (Å²) in [5.41, 5.74) is 1.03. The SMILES string of the molecule is C[C@H](C(=O)N[C@H](C)c1ccccc1Br)n1c(-c2cccs2)n[nH]c1=S. The highest BCUT2D eigenvalue weighted by Crippen LogP contribution is 2.27. The molecule has 5 nitrogen and oxygen atoms in total. The monoisotopic (exact) mass is 436 g/mol. The second-order valence-electron chi connectivity index (χ2n) is 5.63. The summed E-state index contributed by atoms with van der Waals surface area (Å²) in [4.78, 5) is 13.7. The average Bonchev–Trinajstić information content (AvgIpc) is 3.23. The third kappa shape index (κ3) is 3.75. The summed E-state index contributed by atoms with van der Waals surface area (Å²) in [6.45, 7) is 3.78. The number of carbonyl (C=O) groups is 1. The summed E-state index contributed by atoms with van der Waals surface area (Å²) < 4.78 is 3.15. The van der Waals surface area contributed by atoms with Gasteiger partial charge in [0.15, 0.2) is 10.6 Å². The van der Waals surface area contributed by atoms with Crippen LogP contribution in [0.2, 0.25) is 0 Å². The van der Waals surface area contributed by atoms with Gasteiger partial charge in [0.05, 0.1) is 10.9 Å². The minimum atomic E-state index is -0.478. The number of hydrogen-bond donors (Lipinski definition) is 2. The van der Waals surface area contributed by atoms with Crippen molar-refractivity contribution in [3.63, 3.8) is 0 Å². The van der Waals surface area contributed by atoms with Crippen molar-refractivity contribution in [3.05, 3.63) is 56.6 Å². The van der Waals surface area contributed by atoms with Gasteiger partial charge in [0.1, 0.15) is 6.04 Å². The molecule has 0 unspecified atom stereocenters. The fourth-order valence-corrected chi connectivity index (χ4v) is 4.23. The first-order valence-electron chi connectivity index (χ1n) is 7.74. The molecule has 1 aromatic carbocycles. The molecule has 3 aromatic rings. The molecule has 0 saturated carbocycles. The number of rotatable bonds is 5. The van der Waals surface area contributed by atoms with Crippen molar-refractivity contribution in [2.45, 2.75) is 25.9 Å². The van der Waals surface area contributed by atoms with Crippen LogP contribution in [0.3, 0.4) is 0 Å². The number of hydrogen-bond acceptors (Lipinski definition) is 4. The largest absolute Gasteiger partial charge is 0.348 e. The molecule has 0 aliphatic carbocycles. The zero-order valence-corrected chi connectivity index (χ0v) is 16.9. The van der Waals surface area contributed by atoms with E-state index < -0.39 is 6.04 Å². The van der Waals surface area contributed by atoms with Gasteiger partial charge in [-0.2, -0.15) is 5.10 Å². The Kier molecular flexibility index (Phi) is 5.51. The molecule has 0 aliphatic heterocycles. The van der Waals surface area contributed by atoms with Gasteiger partial charge in [-0.25, -0.2) is 0 Å². The van der Waals surface area contributed by atoms with Crippen LogP contribution in [-0.2, 0) is 4.79 Å². The Hall–Kier alpha value is -1.77. The van der Waals surface area contributed by atoms with Crippen molar-refractivity contribution in [1.82, 2.24) is 20.1 Å². The highest BCUT2D eigenvalue weighted by Gasteiger charge is 2.23. The number of nitrogens with zero attached hydrogens (tertiary/aromatic N) is 2. The molecule has 0 bridgehead atoms. The van der Waals surface area contributed by atoms with Gasteiger partial charge < -0.3 is 5.32 Å². The summed E-state index contributed by atoms with van der Waals surface area (Å²) in [5.74, 6) is 0.565. The summed E-state index contributed by atoms with van der Waals surface area (Å²) >= 11 is 10.4. The second-order valence-corrected chi connectivity index (χ2v) is 7.82. The number of thiophene rings is 1. The second kappa shape index (κ2) is 7.63. The van der Waals surface area contributed by atoms with E-state index >= 15 is 0 Å². The molecule has 1 amide bonds. The van der Waals surface area contributed by atoms with E-state index in [1.807, 2.05) is 55.6 Å². The lowest BCUT2D eigenvalue weighted by Gasteiger charge is -2.20. The van der Waals surface area contributed by atoms with E-state index in [-0.39, 0.29) is 11.9 Å². The van der Waals surface area contributed by atoms with Gasteiger partial charge in [0.25, 0.3) is 0 Å². The van der Waals surface area contributed by atoms with Crippen LogP contribution < -0.4 is 5.32 Å². The van der Waals surface area contributed by atoms with Crippen molar-refractivity contribution < 1.29 is 4.79 Å². The number of aromatic nitrogens is 3. The maximum absolute atomic E-state index is 12.8. The third-order valence-corrected chi connectivity index (χ3v) is 5.82. The number of nitrogens with one attached hydrogen (secondary N) is 2. The fraction of sp³-hybridized carbons (Fsp3) is 0.235. The fourth-order valence-electron chi connectivity index (χ4n) is 2.60. The molecule has 2 heterocycles. The summed E-state index contributed by atoms with van der Waals surface area (Å²) in [5, 5.41) is 12.1. The first kappa shape index (κ1) is 18.0. The maximum atomic E-state index is 12.8. The molecular formula is C17H17BrN4OS2. The number of aromatic amines is 1. The van der Waals surface area contributed by atoms with Crippen LogP contribution in [0.15, 0.2) is 46.3 Å². The Morgan fingerprint density at radius 1 is 1.32 bits per heavy atom. The molecule has 0 aliphatic rings. The van der Waals surface area contributed by atoms with E-state index in [0.29, 0.717) is 10.6 Å². The first-order valence-corrected chi connectivity index (χ1v) is 9.82. The molecular weight excluding hydrogens is 420 g/mol. The lowest BCUT2D eigenvalue weighted by molar-refractivity contribution is -0.124. The van der Waals surface area contributed by atoms with Crippen LogP contribution >= 0.6 is 39.5 Å². The van der Waals surface area contributed by atoms with E-state index in [1.54, 1.807) is 15.9 Å². The highest BCUT2D eigenvalue weighted by molar-refractivity contribution is 9.10. The van der Waals surface area contributed by atoms with Crippen LogP contribution in [0.4, 0.5) is 0 Å². The zero-order chi connectivity index (χ0) is 18.0. The molecule has 0 radical (unpaired) electrons. The van der Waals surface area contributed by atoms with Crippen molar-refractivity contribution >= 4 is 45.4 Å². The Balaban J connectivity index is 1.83. The van der Waals surface area contributed by atoms with Crippen molar-refractivity contribution in [1.29, 1.82) is 0 Å². The van der Waals surface area contributed by atoms with E-state index in [9.17, 15) is 4.79 Å². The van der Waals surface area contributed by atoms with Gasteiger partial charge in [-0.15, -0.1) is 11.3 Å². The minimum absolute atomic E-state index is 0.112. The molecule has 0 spiro atoms. The lowest BCUT2D eigenvalue weighted by atomic mass is 10.1. The summed E-state index contributed by atoms with van der Waals surface area (Å²) in [6, 6.07) is 11.1. The third-order valence-electron chi connectivity index (χ3n) is 3.94. The Labute approximate surface area is 163 Å². The quantitative estimate of drug-likeness (QED) is 0.560. The molecule has 130 valence electrons. The van der Waals surface area contributed by atoms with Gasteiger partial charge in [-0.3, -0.25) is 14.5 Å². The van der Waals surface area contributed by atoms with E-state index in [2.05, 4.69) is 31.4 Å². The highest BCUT2D eigenvalue weighted by atomic mass is 79.9. The van der Waals surface area contributed by atoms with Crippen molar-refractivity contribution in [2.24, 2.45) is 0 Å². The molecule has 2 aromatic heterocycles. The predicted octanol–water partition coefficient (Wildman–Crippen LogP) is 4.87. The van der Waals surface area contributed by atoms with Crippen LogP contribution in [0.25, 0.3) is 10.7 Å². The van der Waals surface area contributed by atoms with Crippen molar-refractivity contribution in [3.8, 4) is 10.7 Å². The Bertz CT molecular complexity index is 932. The molecule has 0 fully saturated rings. The van der Waals surface area contributed by atoms with Gasteiger partial charge in [0, 0.05) is 4.47 Å². The standard InChI is InChI=1S/C17H17BrN4OS2/c1-10(12-6-3-4-7-13(12)18)19-16(23)11(2)22-15(20-21-17(22)24)14-8-5-9-25-14/h3-11H,1-2H3,(H,19,23)(H,21,24)/t10-,11-/m1/s1. The van der Waals surface area contributed by atoms with Crippen LogP contribution in [0, 0.1) is 4.77 Å². The van der Waals surface area contributed by atoms with Crippen LogP contribution in [-0.4, -0.2) is 20.7 Å². The van der Waals surface area contributed by atoms with Gasteiger partial charge in [-0.1, -0.05) is 40.2 Å². The Morgan fingerprint density at radius 2 is 2.08 bits per heavy atom. The topological polar surface area (TPSA) is 62.7 Å². The smallest absolute Gasteiger partial charge is 0.243 e. The molecule has 8 heteroatoms. The normalized spacial score (nSPS) is 13.4. The molecule has 2 N–H and O–H groups in total. The Morgan fingerprint density at radius 3 is 2.76 bits per heavy atom. The number of amides is 1. The predicted molar refractivity (Wildman–Crippen MR) is 106 cm³/mol. The first-order chi connectivity index (χ1) is 12.0. The van der Waals surface area contributed by atoms with E-state index in [1.165, 1.54) is 0 Å². The molecule has 25 heavy (non-hydrogen) atoms. The van der Waals surface area contributed by atoms with Gasteiger partial charge in [-0.05, 0) is 49.1 Å². The summed E-state index contributed by atoms with van der Waals surface area (Å²) in [6.07, 6.45) is 0. The van der Waals surface area contributed by atoms with Gasteiger partial charge >= 0.3 is 0 Å². The molecule has 3 rings (SSSR count). The summed E-state index contributed by atoms with van der Waals surface area (Å²) in [7, 11) is 0. The molecule has 0 saturated heterocycles. The minimum Gasteiger partial charge on any atom is -0.348 e. The number of halogens is 1. The number of carbonyl (C=O) groups excluding carboxylic acids is 1. The number of benzene rings is 1. The maximum Gasteiger partial charge on any atom is 0.243 e. The van der Waals surface area contributed by atoms with E-state index in [4.69, 9.17) is 12.2 Å². The van der Waals surface area contributed by atoms with Crippen LogP contribution in [0.1, 0.15) is 31.5 Å². The average molecular weight is 437 g/mol. The molecule has 2 atom stereocenters. The van der Waals surface area contributed by atoms with E-state index in [0.717, 1.165) is 14.9 Å². The lowest BCUT2D eigenvalue weighted by Crippen LogP contribution is -2.33. The van der Waals surface area contributed by atoms with Crippen LogP contribution in [0.5, 0.6) is 0 Å². The number of H-pyrrole nitrogens is 1.